The van der Waals surface area contributed by atoms with Crippen LogP contribution in [0.1, 0.15) is 27.9 Å². The molecule has 2 aromatic rings. The topological polar surface area (TPSA) is 20.3 Å². The van der Waals surface area contributed by atoms with Gasteiger partial charge in [0.05, 0.1) is 0 Å². The third-order valence-electron chi connectivity index (χ3n) is 4.24. The number of Topliss-reactive ketones (excluding diaryl/α,β-unsaturated/α-hetero) is 1. The van der Waals surface area contributed by atoms with Crippen LogP contribution < -0.4 is 0 Å². The van der Waals surface area contributed by atoms with Gasteiger partial charge >= 0.3 is 0 Å². The van der Waals surface area contributed by atoms with Crippen LogP contribution in [0.2, 0.25) is 0 Å². The number of nitrogens with zero attached hydrogens (tertiary/aromatic N) is 1. The zero-order valence-corrected chi connectivity index (χ0v) is 12.5. The van der Waals surface area contributed by atoms with E-state index in [0.29, 0.717) is 5.78 Å². The van der Waals surface area contributed by atoms with Crippen LogP contribution >= 0.6 is 0 Å². The van der Waals surface area contributed by atoms with E-state index in [4.69, 9.17) is 0 Å². The van der Waals surface area contributed by atoms with Crippen LogP contribution in [0.5, 0.6) is 0 Å². The number of carbonyl (C=O) groups is 1. The Balaban J connectivity index is 1.65. The molecule has 21 heavy (non-hydrogen) atoms. The summed E-state index contributed by atoms with van der Waals surface area (Å²) in [6.45, 7) is 1.73. The number of benzene rings is 2. The van der Waals surface area contributed by atoms with Crippen LogP contribution in [0.25, 0.3) is 0 Å². The predicted octanol–water partition coefficient (Wildman–Crippen LogP) is 3.56. The van der Waals surface area contributed by atoms with E-state index < -0.39 is 0 Å². The minimum atomic E-state index is 0.133. The Morgan fingerprint density at radius 2 is 1.76 bits per heavy atom. The molecule has 0 aromatic heterocycles. The van der Waals surface area contributed by atoms with Crippen molar-refractivity contribution in [2.24, 2.45) is 5.92 Å². The highest BCUT2D eigenvalue weighted by Gasteiger charge is 2.27. The van der Waals surface area contributed by atoms with Crippen molar-refractivity contribution in [2.75, 3.05) is 13.6 Å². The fourth-order valence-electron chi connectivity index (χ4n) is 3.17. The molecular formula is C19H21NO. The summed E-state index contributed by atoms with van der Waals surface area (Å²) < 4.78 is 0. The molecule has 0 amide bonds. The molecule has 0 bridgehead atoms. The average molecular weight is 279 g/mol. The minimum absolute atomic E-state index is 0.133. The quantitative estimate of drug-likeness (QED) is 0.853. The van der Waals surface area contributed by atoms with Gasteiger partial charge in [-0.25, -0.2) is 0 Å². The molecule has 0 saturated carbocycles. The molecular weight excluding hydrogens is 258 g/mol. The number of ketones is 1. The lowest BCUT2D eigenvalue weighted by Crippen LogP contribution is -2.33. The van der Waals surface area contributed by atoms with E-state index in [2.05, 4.69) is 42.3 Å². The number of hydrogen-bond acceptors (Lipinski definition) is 2. The van der Waals surface area contributed by atoms with Crippen LogP contribution in [0, 0.1) is 5.92 Å². The Morgan fingerprint density at radius 3 is 2.57 bits per heavy atom. The lowest BCUT2D eigenvalue weighted by Gasteiger charge is -2.27. The van der Waals surface area contributed by atoms with Gasteiger partial charge in [0.1, 0.15) is 0 Å². The average Bonchev–Trinajstić information content (AvgIpc) is 2.51. The maximum atomic E-state index is 12.6. The Hall–Kier alpha value is -1.93. The molecule has 3 rings (SSSR count). The van der Waals surface area contributed by atoms with E-state index >= 15 is 0 Å². The molecule has 0 spiro atoms. The zero-order chi connectivity index (χ0) is 14.7. The molecule has 1 unspecified atom stereocenters. The third-order valence-corrected chi connectivity index (χ3v) is 4.24. The van der Waals surface area contributed by atoms with Crippen molar-refractivity contribution >= 4 is 5.78 Å². The van der Waals surface area contributed by atoms with Gasteiger partial charge in [-0.15, -0.1) is 0 Å². The Labute approximate surface area is 126 Å². The van der Waals surface area contributed by atoms with Crippen molar-refractivity contribution in [1.82, 2.24) is 4.90 Å². The lowest BCUT2D eigenvalue weighted by atomic mass is 9.82. The van der Waals surface area contributed by atoms with Crippen molar-refractivity contribution in [1.29, 1.82) is 0 Å². The van der Waals surface area contributed by atoms with Crippen molar-refractivity contribution < 1.29 is 4.79 Å². The maximum Gasteiger partial charge on any atom is 0.167 e. The molecule has 0 radical (unpaired) electrons. The summed E-state index contributed by atoms with van der Waals surface area (Å²) in [5, 5.41) is 0. The summed E-state index contributed by atoms with van der Waals surface area (Å²) in [7, 11) is 2.10. The molecule has 0 fully saturated rings. The van der Waals surface area contributed by atoms with Crippen LogP contribution in [0.3, 0.4) is 0 Å². The lowest BCUT2D eigenvalue weighted by molar-refractivity contribution is 0.0866. The second-order valence-electron chi connectivity index (χ2n) is 5.94. The summed E-state index contributed by atoms with van der Waals surface area (Å²) in [5.74, 6) is 0.449. The van der Waals surface area contributed by atoms with Crippen molar-refractivity contribution in [3.8, 4) is 0 Å². The number of carbonyl (C=O) groups excluding carboxylic acids is 1. The number of rotatable bonds is 4. The zero-order valence-electron chi connectivity index (χ0n) is 12.5. The Kier molecular flexibility index (Phi) is 4.16. The number of fused-ring (bicyclic) bond motifs is 1. The summed E-state index contributed by atoms with van der Waals surface area (Å²) in [6.07, 6.45) is 1.99. The highest BCUT2D eigenvalue weighted by atomic mass is 16.1. The number of hydrogen-bond donors (Lipinski definition) is 0. The van der Waals surface area contributed by atoms with Gasteiger partial charge in [0.2, 0.25) is 0 Å². The van der Waals surface area contributed by atoms with Gasteiger partial charge in [-0.1, -0.05) is 54.6 Å². The first-order chi connectivity index (χ1) is 10.2. The fraction of sp³-hybridized carbons (Fsp3) is 0.316. The smallest absolute Gasteiger partial charge is 0.167 e. The molecule has 2 nitrogen and oxygen atoms in total. The van der Waals surface area contributed by atoms with Gasteiger partial charge in [0.15, 0.2) is 5.78 Å². The summed E-state index contributed by atoms with van der Waals surface area (Å²) >= 11 is 0. The first-order valence-electron chi connectivity index (χ1n) is 7.58. The van der Waals surface area contributed by atoms with Gasteiger partial charge in [-0.2, -0.15) is 0 Å². The molecule has 108 valence electrons. The molecule has 1 aliphatic carbocycles. The second-order valence-corrected chi connectivity index (χ2v) is 5.94. The SMILES string of the molecule is CN(Cc1ccccc1)CC1CCc2ccccc2C1=O. The van der Waals surface area contributed by atoms with E-state index in [0.717, 1.165) is 31.5 Å². The Bertz CT molecular complexity index is 620. The van der Waals surface area contributed by atoms with E-state index in [1.54, 1.807) is 0 Å². The normalized spacial score (nSPS) is 17.8. The second kappa shape index (κ2) is 6.23. The number of aryl methyl sites for hydroxylation is 1. The Morgan fingerprint density at radius 1 is 1.05 bits per heavy atom. The van der Waals surface area contributed by atoms with Crippen LogP contribution in [0.4, 0.5) is 0 Å². The first-order valence-corrected chi connectivity index (χ1v) is 7.58. The summed E-state index contributed by atoms with van der Waals surface area (Å²) in [5.41, 5.74) is 3.44. The van der Waals surface area contributed by atoms with Crippen molar-refractivity contribution in [3.63, 3.8) is 0 Å². The van der Waals surface area contributed by atoms with Crippen LogP contribution in [-0.2, 0) is 13.0 Å². The first kappa shape index (κ1) is 14.0. The molecule has 1 atom stereocenters. The highest BCUT2D eigenvalue weighted by Crippen LogP contribution is 2.26. The standard InChI is InChI=1S/C19H21NO/c1-20(13-15-7-3-2-4-8-15)14-17-12-11-16-9-5-6-10-18(16)19(17)21/h2-10,17H,11-14H2,1H3. The summed E-state index contributed by atoms with van der Waals surface area (Å²) in [6, 6.07) is 18.5. The molecule has 0 heterocycles. The molecule has 2 aromatic carbocycles. The van der Waals surface area contributed by atoms with Gasteiger partial charge < -0.3 is 4.90 Å². The summed E-state index contributed by atoms with van der Waals surface area (Å²) in [4.78, 5) is 14.8. The molecule has 2 heteroatoms. The molecule has 0 saturated heterocycles. The van der Waals surface area contributed by atoms with Gasteiger partial charge in [0, 0.05) is 24.6 Å². The molecule has 0 aliphatic heterocycles. The van der Waals surface area contributed by atoms with Crippen molar-refractivity contribution in [3.05, 3.63) is 71.3 Å². The highest BCUT2D eigenvalue weighted by molar-refractivity contribution is 6.00. The van der Waals surface area contributed by atoms with Gasteiger partial charge in [-0.05, 0) is 31.0 Å². The van der Waals surface area contributed by atoms with E-state index in [1.807, 2.05) is 24.3 Å². The van der Waals surface area contributed by atoms with E-state index in [-0.39, 0.29) is 5.92 Å². The van der Waals surface area contributed by atoms with Gasteiger partial charge in [-0.3, -0.25) is 4.79 Å². The van der Waals surface area contributed by atoms with Gasteiger partial charge in [0.25, 0.3) is 0 Å². The minimum Gasteiger partial charge on any atom is -0.301 e. The largest absolute Gasteiger partial charge is 0.301 e. The van der Waals surface area contributed by atoms with E-state index in [9.17, 15) is 4.79 Å². The monoisotopic (exact) mass is 279 g/mol. The maximum absolute atomic E-state index is 12.6. The third kappa shape index (κ3) is 3.22. The van der Waals surface area contributed by atoms with E-state index in [1.165, 1.54) is 11.1 Å². The van der Waals surface area contributed by atoms with Crippen LogP contribution in [-0.4, -0.2) is 24.3 Å². The fourth-order valence-corrected chi connectivity index (χ4v) is 3.17. The molecule has 0 N–H and O–H groups in total. The van der Waals surface area contributed by atoms with Crippen molar-refractivity contribution in [2.45, 2.75) is 19.4 Å². The van der Waals surface area contributed by atoms with Crippen LogP contribution in [0.15, 0.2) is 54.6 Å². The predicted molar refractivity (Wildman–Crippen MR) is 85.4 cm³/mol. The molecule has 1 aliphatic rings.